The number of hydrogen-bond donors (Lipinski definition) is 0. The van der Waals surface area contributed by atoms with Crippen LogP contribution in [0.4, 0.5) is 4.39 Å². The van der Waals surface area contributed by atoms with Gasteiger partial charge in [0.25, 0.3) is 0 Å². The topological polar surface area (TPSA) is 18.5 Å². The number of fused-ring (bicyclic) bond motifs is 1. The molecule has 0 N–H and O–H groups in total. The number of halogens is 2. The van der Waals surface area contributed by atoms with Crippen molar-refractivity contribution in [2.45, 2.75) is 32.4 Å². The third-order valence-corrected chi connectivity index (χ3v) is 3.45. The highest BCUT2D eigenvalue weighted by Crippen LogP contribution is 2.40. The molecule has 110 valence electrons. The van der Waals surface area contributed by atoms with Gasteiger partial charge in [0.05, 0.1) is 2.74 Å². The second-order valence-electron chi connectivity index (χ2n) is 5.61. The number of ether oxygens (including phenoxy) is 2. The van der Waals surface area contributed by atoms with E-state index in [1.54, 1.807) is 12.1 Å². The molecule has 2 nitrogen and oxygen atoms in total. The maximum atomic E-state index is 13.8. The van der Waals surface area contributed by atoms with Gasteiger partial charge >= 0.3 is 0 Å². The second kappa shape index (κ2) is 5.23. The van der Waals surface area contributed by atoms with Crippen molar-refractivity contribution < 1.29 is 16.6 Å². The maximum absolute atomic E-state index is 13.8. The summed E-state index contributed by atoms with van der Waals surface area (Å²) in [7, 11) is 0. The molecule has 0 atom stereocenters. The van der Waals surface area contributed by atoms with Gasteiger partial charge in [-0.2, -0.15) is 0 Å². The van der Waals surface area contributed by atoms with E-state index >= 15 is 0 Å². The summed E-state index contributed by atoms with van der Waals surface area (Å²) in [5.41, 5.74) is 0.530. The molecule has 4 heteroatoms. The Morgan fingerprint density at radius 1 is 1.38 bits per heavy atom. The van der Waals surface area contributed by atoms with Crippen LogP contribution < -0.4 is 9.47 Å². The summed E-state index contributed by atoms with van der Waals surface area (Å²) in [5.74, 6) is -0.375. The standard InChI is InChI=1S/C17H16ClFO2/c1-17(2)9-11-7-13(18)8-12(16(11)21-17)10-20-15-6-4-3-5-14(15)19/h3-8H,9-10H2,1-2H3/i10D2. The van der Waals surface area contributed by atoms with Crippen molar-refractivity contribution in [2.75, 3.05) is 0 Å². The summed E-state index contributed by atoms with van der Waals surface area (Å²) in [5, 5.41) is 0.390. The van der Waals surface area contributed by atoms with E-state index in [9.17, 15) is 4.39 Å². The van der Waals surface area contributed by atoms with E-state index in [0.717, 1.165) is 5.56 Å². The summed E-state index contributed by atoms with van der Waals surface area (Å²) in [6.07, 6.45) is 0.617. The molecule has 0 saturated carbocycles. The second-order valence-corrected chi connectivity index (χ2v) is 6.05. The van der Waals surface area contributed by atoms with Crippen molar-refractivity contribution in [1.82, 2.24) is 0 Å². The highest BCUT2D eigenvalue weighted by atomic mass is 35.5. The smallest absolute Gasteiger partial charge is 0.165 e. The first kappa shape index (κ1) is 11.9. The van der Waals surface area contributed by atoms with Crippen LogP contribution in [0, 0.1) is 5.82 Å². The third kappa shape index (κ3) is 2.98. The Morgan fingerprint density at radius 2 is 2.14 bits per heavy atom. The maximum Gasteiger partial charge on any atom is 0.165 e. The van der Waals surface area contributed by atoms with Gasteiger partial charge in [0, 0.05) is 17.0 Å². The van der Waals surface area contributed by atoms with Crippen LogP contribution in [-0.2, 0) is 13.0 Å². The Bertz CT molecular complexity index is 762. The van der Waals surface area contributed by atoms with Crippen molar-refractivity contribution in [1.29, 1.82) is 0 Å². The Balaban J connectivity index is 2.03. The van der Waals surface area contributed by atoms with Gasteiger partial charge in [-0.3, -0.25) is 0 Å². The molecule has 1 aliphatic rings. The lowest BCUT2D eigenvalue weighted by molar-refractivity contribution is 0.135. The molecule has 0 unspecified atom stereocenters. The molecule has 1 heterocycles. The minimum atomic E-state index is -2.28. The molecule has 2 aromatic carbocycles. The van der Waals surface area contributed by atoms with Gasteiger partial charge < -0.3 is 9.47 Å². The van der Waals surface area contributed by atoms with Crippen molar-refractivity contribution in [3.8, 4) is 11.5 Å². The lowest BCUT2D eigenvalue weighted by Gasteiger charge is -2.18. The van der Waals surface area contributed by atoms with E-state index < -0.39 is 18.0 Å². The third-order valence-electron chi connectivity index (χ3n) is 3.23. The van der Waals surface area contributed by atoms with Gasteiger partial charge in [-0.05, 0) is 43.7 Å². The fourth-order valence-electron chi connectivity index (χ4n) is 2.39. The van der Waals surface area contributed by atoms with Crippen molar-refractivity contribution in [3.63, 3.8) is 0 Å². The van der Waals surface area contributed by atoms with Crippen LogP contribution in [-0.4, -0.2) is 5.60 Å². The van der Waals surface area contributed by atoms with E-state index in [0.29, 0.717) is 17.2 Å². The van der Waals surface area contributed by atoms with E-state index in [4.69, 9.17) is 23.8 Å². The van der Waals surface area contributed by atoms with E-state index in [-0.39, 0.29) is 11.3 Å². The predicted molar refractivity (Wildman–Crippen MR) is 80.6 cm³/mol. The highest BCUT2D eigenvalue weighted by Gasteiger charge is 2.32. The van der Waals surface area contributed by atoms with Gasteiger partial charge in [0.1, 0.15) is 17.9 Å². The Labute approximate surface area is 131 Å². The number of hydrogen-bond acceptors (Lipinski definition) is 2. The molecule has 2 aromatic rings. The SMILES string of the molecule is [2H]C([2H])(Oc1ccccc1F)c1cc(Cl)cc2c1OC(C)(C)C2. The first-order valence-electron chi connectivity index (χ1n) is 7.63. The molecule has 0 saturated heterocycles. The largest absolute Gasteiger partial charge is 0.487 e. The average molecular weight is 309 g/mol. The minimum Gasteiger partial charge on any atom is -0.487 e. The van der Waals surface area contributed by atoms with Crippen molar-refractivity contribution in [3.05, 3.63) is 58.4 Å². The predicted octanol–water partition coefficient (Wildman–Crippen LogP) is 4.77. The Morgan fingerprint density at radius 3 is 2.90 bits per heavy atom. The van der Waals surface area contributed by atoms with Gasteiger partial charge in [0.2, 0.25) is 0 Å². The number of para-hydroxylation sites is 1. The molecular weight excluding hydrogens is 291 g/mol. The van der Waals surface area contributed by atoms with E-state index in [2.05, 4.69) is 0 Å². The van der Waals surface area contributed by atoms with Gasteiger partial charge in [0.15, 0.2) is 11.6 Å². The molecule has 0 bridgehead atoms. The molecular formula is C17H16ClFO2. The lowest BCUT2D eigenvalue weighted by atomic mass is 10.0. The van der Waals surface area contributed by atoms with Crippen LogP contribution in [0.25, 0.3) is 0 Å². The van der Waals surface area contributed by atoms with Crippen LogP contribution in [0.3, 0.4) is 0 Å². The molecule has 0 spiro atoms. The summed E-state index contributed by atoms with van der Waals surface area (Å²) in [4.78, 5) is 0. The van der Waals surface area contributed by atoms with Crippen LogP contribution >= 0.6 is 11.6 Å². The quantitative estimate of drug-likeness (QED) is 0.813. The van der Waals surface area contributed by atoms with Gasteiger partial charge in [-0.1, -0.05) is 23.7 Å². The monoisotopic (exact) mass is 308 g/mol. The molecule has 3 rings (SSSR count). The number of benzene rings is 2. The van der Waals surface area contributed by atoms with Crippen LogP contribution in [0.1, 0.15) is 27.7 Å². The van der Waals surface area contributed by atoms with E-state index in [1.807, 2.05) is 13.8 Å². The summed E-state index contributed by atoms with van der Waals surface area (Å²) in [6.45, 7) is 1.55. The zero-order chi connectivity index (χ0) is 16.8. The number of rotatable bonds is 3. The molecule has 0 radical (unpaired) electrons. The van der Waals surface area contributed by atoms with Gasteiger partial charge in [-0.15, -0.1) is 0 Å². The molecule has 0 amide bonds. The van der Waals surface area contributed by atoms with Gasteiger partial charge in [-0.25, -0.2) is 4.39 Å². The first-order chi connectivity index (χ1) is 10.7. The Kier molecular flexibility index (Phi) is 2.95. The fraction of sp³-hybridized carbons (Fsp3) is 0.294. The summed E-state index contributed by atoms with van der Waals surface area (Å²) in [6, 6.07) is 8.91. The molecule has 21 heavy (non-hydrogen) atoms. The van der Waals surface area contributed by atoms with Crippen molar-refractivity contribution >= 4 is 11.6 Å². The van der Waals surface area contributed by atoms with Crippen LogP contribution in [0.15, 0.2) is 36.4 Å². The van der Waals surface area contributed by atoms with E-state index in [1.165, 1.54) is 24.3 Å². The molecule has 0 aliphatic carbocycles. The zero-order valence-electron chi connectivity index (χ0n) is 13.7. The zero-order valence-corrected chi connectivity index (χ0v) is 12.5. The van der Waals surface area contributed by atoms with Crippen molar-refractivity contribution in [2.24, 2.45) is 0 Å². The summed E-state index contributed by atoms with van der Waals surface area (Å²) >= 11 is 6.11. The lowest BCUT2D eigenvalue weighted by Crippen LogP contribution is -2.25. The average Bonchev–Trinajstić information content (AvgIpc) is 2.74. The fourth-order valence-corrected chi connectivity index (χ4v) is 2.63. The first-order valence-corrected chi connectivity index (χ1v) is 7.01. The normalized spacial score (nSPS) is 17.5. The molecule has 0 aromatic heterocycles. The molecule has 1 aliphatic heterocycles. The van der Waals surface area contributed by atoms with Crippen LogP contribution in [0.5, 0.6) is 11.5 Å². The highest BCUT2D eigenvalue weighted by molar-refractivity contribution is 6.30. The molecule has 0 fully saturated rings. The Hall–Kier alpha value is -1.74. The minimum absolute atomic E-state index is 0.161. The summed E-state index contributed by atoms with van der Waals surface area (Å²) < 4.78 is 41.4. The van der Waals surface area contributed by atoms with Crippen LogP contribution in [0.2, 0.25) is 5.02 Å².